The van der Waals surface area contributed by atoms with Gasteiger partial charge in [0.05, 0.1) is 6.21 Å². The summed E-state index contributed by atoms with van der Waals surface area (Å²) in [4.78, 5) is 12.2. The van der Waals surface area contributed by atoms with E-state index in [1.807, 2.05) is 49.4 Å². The predicted molar refractivity (Wildman–Crippen MR) is 113 cm³/mol. The predicted octanol–water partition coefficient (Wildman–Crippen LogP) is 5.64. The lowest BCUT2D eigenvalue weighted by atomic mass is 10.1. The number of benzene rings is 3. The van der Waals surface area contributed by atoms with E-state index in [0.717, 1.165) is 22.4 Å². The molecule has 1 N–H and O–H groups in total. The van der Waals surface area contributed by atoms with Crippen molar-refractivity contribution in [2.45, 2.75) is 13.5 Å². The van der Waals surface area contributed by atoms with E-state index < -0.39 is 0 Å². The van der Waals surface area contributed by atoms with Crippen LogP contribution in [-0.2, 0) is 6.61 Å². The second kappa shape index (κ2) is 9.40. The quantitative estimate of drug-likeness (QED) is 0.420. The van der Waals surface area contributed by atoms with Gasteiger partial charge in [0, 0.05) is 15.6 Å². The lowest BCUT2D eigenvalue weighted by Crippen LogP contribution is -2.17. The maximum absolute atomic E-state index is 12.2. The zero-order chi connectivity index (χ0) is 19.9. The molecule has 3 rings (SSSR count). The van der Waals surface area contributed by atoms with Gasteiger partial charge < -0.3 is 4.74 Å². The monoisotopic (exact) mass is 412 g/mol. The maximum Gasteiger partial charge on any atom is 0.271 e. The summed E-state index contributed by atoms with van der Waals surface area (Å²) in [6, 6.07) is 19.8. The number of hydrogen-bond acceptors (Lipinski definition) is 3. The van der Waals surface area contributed by atoms with Gasteiger partial charge in [-0.05, 0) is 66.1 Å². The number of nitrogens with zero attached hydrogens (tertiary/aromatic N) is 1. The number of halogens is 2. The Balaban J connectivity index is 1.53. The molecule has 0 heterocycles. The number of hydrazone groups is 1. The van der Waals surface area contributed by atoms with Gasteiger partial charge in [-0.25, -0.2) is 5.43 Å². The first-order valence-electron chi connectivity index (χ1n) is 8.58. The van der Waals surface area contributed by atoms with Crippen molar-refractivity contribution >= 4 is 35.3 Å². The topological polar surface area (TPSA) is 50.7 Å². The van der Waals surface area contributed by atoms with Gasteiger partial charge in [-0.1, -0.05) is 47.5 Å². The Morgan fingerprint density at radius 1 is 1.04 bits per heavy atom. The van der Waals surface area contributed by atoms with E-state index in [1.54, 1.807) is 30.5 Å². The smallest absolute Gasteiger partial charge is 0.271 e. The Labute approximate surface area is 173 Å². The first-order valence-corrected chi connectivity index (χ1v) is 9.34. The van der Waals surface area contributed by atoms with Crippen molar-refractivity contribution in [3.05, 3.63) is 99.0 Å². The third-order valence-electron chi connectivity index (χ3n) is 4.00. The summed E-state index contributed by atoms with van der Waals surface area (Å²) in [6.45, 7) is 2.33. The maximum atomic E-state index is 12.2. The van der Waals surface area contributed by atoms with Gasteiger partial charge in [-0.15, -0.1) is 0 Å². The lowest BCUT2D eigenvalue weighted by Gasteiger charge is -2.08. The number of hydrogen-bond donors (Lipinski definition) is 1. The molecule has 0 spiro atoms. The van der Waals surface area contributed by atoms with Crippen molar-refractivity contribution in [3.63, 3.8) is 0 Å². The molecule has 0 radical (unpaired) electrons. The summed E-state index contributed by atoms with van der Waals surface area (Å²) < 4.78 is 5.76. The first-order chi connectivity index (χ1) is 13.5. The SMILES string of the molecule is Cc1cc(OCc2ccc(C(=O)N/N=C\c3ccc(Cl)cc3)cc2)ccc1Cl. The summed E-state index contributed by atoms with van der Waals surface area (Å²) in [5.74, 6) is 0.464. The van der Waals surface area contributed by atoms with Crippen molar-refractivity contribution in [1.29, 1.82) is 0 Å². The molecule has 28 heavy (non-hydrogen) atoms. The molecule has 0 fully saturated rings. The molecule has 0 aliphatic rings. The molecule has 1 amide bonds. The Bertz CT molecular complexity index is 984. The van der Waals surface area contributed by atoms with Crippen LogP contribution in [0.3, 0.4) is 0 Å². The molecule has 3 aromatic rings. The van der Waals surface area contributed by atoms with E-state index in [1.165, 1.54) is 0 Å². The van der Waals surface area contributed by atoms with E-state index in [9.17, 15) is 4.79 Å². The fourth-order valence-corrected chi connectivity index (χ4v) is 2.65. The van der Waals surface area contributed by atoms with E-state index in [0.29, 0.717) is 22.2 Å². The number of carbonyl (C=O) groups is 1. The minimum atomic E-state index is -0.286. The van der Waals surface area contributed by atoms with Crippen LogP contribution in [0.4, 0.5) is 0 Å². The number of aryl methyl sites for hydroxylation is 1. The van der Waals surface area contributed by atoms with Crippen molar-refractivity contribution in [2.24, 2.45) is 5.10 Å². The summed E-state index contributed by atoms with van der Waals surface area (Å²) in [5, 5.41) is 5.32. The number of carbonyl (C=O) groups excluding carboxylic acids is 1. The standard InChI is InChI=1S/C22H18Cl2N2O2/c1-15-12-20(10-11-21(15)24)28-14-17-2-6-18(7-3-17)22(27)26-25-13-16-4-8-19(23)9-5-16/h2-13H,14H2,1H3,(H,26,27)/b25-13-. The second-order valence-electron chi connectivity index (χ2n) is 6.15. The van der Waals surface area contributed by atoms with Crippen LogP contribution in [0.25, 0.3) is 0 Å². The second-order valence-corrected chi connectivity index (χ2v) is 6.99. The molecule has 0 unspecified atom stereocenters. The van der Waals surface area contributed by atoms with Crippen LogP contribution in [0.15, 0.2) is 71.8 Å². The number of ether oxygens (including phenoxy) is 1. The highest BCUT2D eigenvalue weighted by Gasteiger charge is 2.05. The average Bonchev–Trinajstić information content (AvgIpc) is 2.70. The average molecular weight is 413 g/mol. The Kier molecular flexibility index (Phi) is 6.69. The molecule has 0 saturated carbocycles. The lowest BCUT2D eigenvalue weighted by molar-refractivity contribution is 0.0955. The van der Waals surface area contributed by atoms with Crippen LogP contribution in [0, 0.1) is 6.92 Å². The Hall–Kier alpha value is -2.82. The fourth-order valence-electron chi connectivity index (χ4n) is 2.40. The third kappa shape index (κ3) is 5.59. The van der Waals surface area contributed by atoms with Gasteiger partial charge in [0.15, 0.2) is 0 Å². The van der Waals surface area contributed by atoms with Gasteiger partial charge in [0.25, 0.3) is 5.91 Å². The van der Waals surface area contributed by atoms with E-state index in [2.05, 4.69) is 10.5 Å². The van der Waals surface area contributed by atoms with Crippen LogP contribution in [0.5, 0.6) is 5.75 Å². The molecule has 0 aliphatic heterocycles. The van der Waals surface area contributed by atoms with Crippen LogP contribution in [0.1, 0.15) is 27.0 Å². The molecule has 4 nitrogen and oxygen atoms in total. The zero-order valence-corrected chi connectivity index (χ0v) is 16.7. The third-order valence-corrected chi connectivity index (χ3v) is 4.68. The van der Waals surface area contributed by atoms with Gasteiger partial charge in [-0.2, -0.15) is 5.10 Å². The van der Waals surface area contributed by atoms with Crippen molar-refractivity contribution in [1.82, 2.24) is 5.43 Å². The van der Waals surface area contributed by atoms with Gasteiger partial charge in [-0.3, -0.25) is 4.79 Å². The first kappa shape index (κ1) is 19.9. The molecular formula is C22H18Cl2N2O2. The van der Waals surface area contributed by atoms with Crippen LogP contribution in [0.2, 0.25) is 10.0 Å². The molecule has 6 heteroatoms. The zero-order valence-electron chi connectivity index (χ0n) is 15.2. The van der Waals surface area contributed by atoms with Crippen LogP contribution < -0.4 is 10.2 Å². The Morgan fingerprint density at radius 2 is 1.75 bits per heavy atom. The minimum Gasteiger partial charge on any atom is -0.489 e. The van der Waals surface area contributed by atoms with E-state index >= 15 is 0 Å². The highest BCUT2D eigenvalue weighted by Crippen LogP contribution is 2.22. The summed E-state index contributed by atoms with van der Waals surface area (Å²) in [5.41, 5.74) is 5.78. The summed E-state index contributed by atoms with van der Waals surface area (Å²) in [6.07, 6.45) is 1.56. The normalized spacial score (nSPS) is 10.8. The number of rotatable bonds is 6. The fraction of sp³-hybridized carbons (Fsp3) is 0.0909. The molecule has 0 atom stereocenters. The molecule has 0 aliphatic carbocycles. The van der Waals surface area contributed by atoms with Gasteiger partial charge in [0.1, 0.15) is 12.4 Å². The molecule has 142 valence electrons. The highest BCUT2D eigenvalue weighted by molar-refractivity contribution is 6.31. The highest BCUT2D eigenvalue weighted by atomic mass is 35.5. The van der Waals surface area contributed by atoms with E-state index in [4.69, 9.17) is 27.9 Å². The minimum absolute atomic E-state index is 0.286. The number of amides is 1. The number of nitrogens with one attached hydrogen (secondary N) is 1. The van der Waals surface area contributed by atoms with Crippen LogP contribution in [-0.4, -0.2) is 12.1 Å². The molecule has 0 saturated heterocycles. The van der Waals surface area contributed by atoms with Gasteiger partial charge in [0.2, 0.25) is 0 Å². The summed E-state index contributed by atoms with van der Waals surface area (Å²) >= 11 is 11.8. The summed E-state index contributed by atoms with van der Waals surface area (Å²) in [7, 11) is 0. The molecule has 3 aromatic carbocycles. The van der Waals surface area contributed by atoms with Crippen molar-refractivity contribution in [2.75, 3.05) is 0 Å². The molecular weight excluding hydrogens is 395 g/mol. The molecule has 0 bridgehead atoms. The van der Waals surface area contributed by atoms with Crippen LogP contribution >= 0.6 is 23.2 Å². The van der Waals surface area contributed by atoms with Gasteiger partial charge >= 0.3 is 0 Å². The van der Waals surface area contributed by atoms with Crippen molar-refractivity contribution < 1.29 is 9.53 Å². The Morgan fingerprint density at radius 3 is 2.43 bits per heavy atom. The molecule has 0 aromatic heterocycles. The van der Waals surface area contributed by atoms with E-state index in [-0.39, 0.29) is 5.91 Å². The largest absolute Gasteiger partial charge is 0.489 e. The van der Waals surface area contributed by atoms with Crippen molar-refractivity contribution in [3.8, 4) is 5.75 Å².